The van der Waals surface area contributed by atoms with Crippen LogP contribution in [0.15, 0.2) is 12.7 Å². The van der Waals surface area contributed by atoms with Crippen molar-refractivity contribution in [2.75, 3.05) is 19.6 Å². The summed E-state index contributed by atoms with van der Waals surface area (Å²) in [5.74, 6) is 0. The van der Waals surface area contributed by atoms with E-state index in [1.165, 1.54) is 25.7 Å². The Labute approximate surface area is 94.5 Å². The van der Waals surface area contributed by atoms with Crippen molar-refractivity contribution in [3.63, 3.8) is 0 Å². The molecule has 0 heterocycles. The molecule has 1 saturated carbocycles. The van der Waals surface area contributed by atoms with E-state index >= 15 is 0 Å². The fourth-order valence-corrected chi connectivity index (χ4v) is 2.21. The molecule has 1 aliphatic rings. The molecular formula is C13H26N2. The zero-order chi connectivity index (χ0) is 11.3. The Hall–Kier alpha value is -0.340. The summed E-state index contributed by atoms with van der Waals surface area (Å²) in [7, 11) is 0. The highest BCUT2D eigenvalue weighted by Gasteiger charge is 2.34. The maximum Gasteiger partial charge on any atom is 0.0163 e. The topological polar surface area (TPSA) is 29.3 Å². The molecule has 0 aromatic carbocycles. The smallest absolute Gasteiger partial charge is 0.0163 e. The Morgan fingerprint density at radius 3 is 2.33 bits per heavy atom. The Morgan fingerprint density at radius 1 is 1.40 bits per heavy atom. The van der Waals surface area contributed by atoms with E-state index < -0.39 is 0 Å². The van der Waals surface area contributed by atoms with Crippen LogP contribution in [0.1, 0.15) is 39.5 Å². The van der Waals surface area contributed by atoms with E-state index in [4.69, 9.17) is 5.73 Å². The van der Waals surface area contributed by atoms with Gasteiger partial charge in [0.1, 0.15) is 0 Å². The van der Waals surface area contributed by atoms with Gasteiger partial charge < -0.3 is 5.73 Å². The van der Waals surface area contributed by atoms with Crippen LogP contribution in [0.25, 0.3) is 0 Å². The van der Waals surface area contributed by atoms with Crippen LogP contribution in [0.5, 0.6) is 0 Å². The lowest BCUT2D eigenvalue weighted by Gasteiger charge is -2.36. The first-order valence-electron chi connectivity index (χ1n) is 6.26. The molecule has 0 bridgehead atoms. The molecular weight excluding hydrogens is 184 g/mol. The molecule has 1 rings (SSSR count). The van der Waals surface area contributed by atoms with Gasteiger partial charge in [0.05, 0.1) is 0 Å². The summed E-state index contributed by atoms with van der Waals surface area (Å²) in [4.78, 5) is 2.56. The molecule has 2 nitrogen and oxygen atoms in total. The minimum Gasteiger partial charge on any atom is -0.330 e. The number of hydrogen-bond acceptors (Lipinski definition) is 2. The van der Waals surface area contributed by atoms with Crippen molar-refractivity contribution in [1.29, 1.82) is 0 Å². The van der Waals surface area contributed by atoms with Crippen LogP contribution in [-0.4, -0.2) is 30.6 Å². The average molecular weight is 210 g/mol. The monoisotopic (exact) mass is 210 g/mol. The Bertz CT molecular complexity index is 184. The highest BCUT2D eigenvalue weighted by atomic mass is 15.2. The van der Waals surface area contributed by atoms with Gasteiger partial charge in [-0.2, -0.15) is 0 Å². The van der Waals surface area contributed by atoms with Gasteiger partial charge in [-0.05, 0) is 37.6 Å². The number of nitrogens with zero attached hydrogens (tertiary/aromatic N) is 1. The standard InChI is InChI=1S/C13H26N2/c1-4-9-15(12-7-8-12)11-13(5-2,6-3)10-14/h4,12H,1,5-11,14H2,2-3H3. The minimum atomic E-state index is 0.325. The number of rotatable bonds is 8. The summed E-state index contributed by atoms with van der Waals surface area (Å²) in [6, 6.07) is 0.812. The molecule has 0 aromatic rings. The van der Waals surface area contributed by atoms with E-state index in [0.717, 1.165) is 25.7 Å². The minimum absolute atomic E-state index is 0.325. The second kappa shape index (κ2) is 5.66. The molecule has 0 saturated heterocycles. The molecule has 0 spiro atoms. The van der Waals surface area contributed by atoms with Crippen molar-refractivity contribution in [3.8, 4) is 0 Å². The van der Waals surface area contributed by atoms with Gasteiger partial charge in [-0.25, -0.2) is 0 Å². The fraction of sp³-hybridized carbons (Fsp3) is 0.846. The van der Waals surface area contributed by atoms with Crippen LogP contribution in [0, 0.1) is 5.41 Å². The van der Waals surface area contributed by atoms with E-state index in [1.807, 2.05) is 6.08 Å². The Morgan fingerprint density at radius 2 is 2.00 bits per heavy atom. The van der Waals surface area contributed by atoms with Gasteiger partial charge in [0.15, 0.2) is 0 Å². The Kier molecular flexibility index (Phi) is 4.81. The summed E-state index contributed by atoms with van der Waals surface area (Å²) in [5.41, 5.74) is 6.27. The van der Waals surface area contributed by atoms with Crippen LogP contribution >= 0.6 is 0 Å². The molecule has 88 valence electrons. The fourth-order valence-electron chi connectivity index (χ4n) is 2.21. The normalized spacial score (nSPS) is 17.1. The predicted octanol–water partition coefficient (Wildman–Crippen LogP) is 2.40. The first-order chi connectivity index (χ1) is 7.21. The molecule has 0 radical (unpaired) electrons. The number of nitrogens with two attached hydrogens (primary N) is 1. The SMILES string of the molecule is C=CCN(CC(CC)(CC)CN)C1CC1. The summed E-state index contributed by atoms with van der Waals surface area (Å²) < 4.78 is 0. The van der Waals surface area contributed by atoms with Crippen LogP contribution in [0.2, 0.25) is 0 Å². The van der Waals surface area contributed by atoms with Gasteiger partial charge in [0.25, 0.3) is 0 Å². The second-order valence-corrected chi connectivity index (χ2v) is 4.86. The van der Waals surface area contributed by atoms with E-state index in [0.29, 0.717) is 5.41 Å². The molecule has 15 heavy (non-hydrogen) atoms. The van der Waals surface area contributed by atoms with Crippen molar-refractivity contribution in [2.45, 2.75) is 45.6 Å². The third-order valence-corrected chi connectivity index (χ3v) is 3.90. The molecule has 0 unspecified atom stereocenters. The molecule has 1 aliphatic carbocycles. The van der Waals surface area contributed by atoms with Gasteiger partial charge in [0, 0.05) is 19.1 Å². The lowest BCUT2D eigenvalue weighted by Crippen LogP contribution is -2.43. The molecule has 0 amide bonds. The highest BCUT2D eigenvalue weighted by Crippen LogP contribution is 2.33. The Balaban J connectivity index is 2.56. The quantitative estimate of drug-likeness (QED) is 0.623. The van der Waals surface area contributed by atoms with E-state index in [2.05, 4.69) is 25.3 Å². The average Bonchev–Trinajstić information content (AvgIpc) is 3.09. The maximum atomic E-state index is 5.94. The first kappa shape index (κ1) is 12.7. The van der Waals surface area contributed by atoms with Gasteiger partial charge >= 0.3 is 0 Å². The zero-order valence-electron chi connectivity index (χ0n) is 10.3. The summed E-state index contributed by atoms with van der Waals surface area (Å²) in [5, 5.41) is 0. The largest absolute Gasteiger partial charge is 0.330 e. The maximum absolute atomic E-state index is 5.94. The highest BCUT2D eigenvalue weighted by molar-refractivity contribution is 4.92. The van der Waals surface area contributed by atoms with E-state index in [9.17, 15) is 0 Å². The molecule has 2 heteroatoms. The third-order valence-electron chi connectivity index (χ3n) is 3.90. The number of hydrogen-bond donors (Lipinski definition) is 1. The molecule has 2 N–H and O–H groups in total. The molecule has 0 aromatic heterocycles. The van der Waals surface area contributed by atoms with Crippen molar-refractivity contribution in [1.82, 2.24) is 4.90 Å². The van der Waals surface area contributed by atoms with Gasteiger partial charge in [0.2, 0.25) is 0 Å². The van der Waals surface area contributed by atoms with E-state index in [-0.39, 0.29) is 0 Å². The van der Waals surface area contributed by atoms with Gasteiger partial charge in [-0.3, -0.25) is 4.90 Å². The van der Waals surface area contributed by atoms with Crippen molar-refractivity contribution in [2.24, 2.45) is 11.1 Å². The van der Waals surface area contributed by atoms with Crippen LogP contribution in [0.4, 0.5) is 0 Å². The van der Waals surface area contributed by atoms with Gasteiger partial charge in [-0.15, -0.1) is 6.58 Å². The first-order valence-corrected chi connectivity index (χ1v) is 6.26. The lowest BCUT2D eigenvalue weighted by molar-refractivity contribution is 0.148. The third kappa shape index (κ3) is 3.32. The lowest BCUT2D eigenvalue weighted by atomic mass is 9.82. The van der Waals surface area contributed by atoms with Gasteiger partial charge in [-0.1, -0.05) is 19.9 Å². The second-order valence-electron chi connectivity index (χ2n) is 4.86. The summed E-state index contributed by atoms with van der Waals surface area (Å²) in [6.45, 7) is 11.3. The van der Waals surface area contributed by atoms with Crippen molar-refractivity contribution in [3.05, 3.63) is 12.7 Å². The van der Waals surface area contributed by atoms with Crippen LogP contribution in [-0.2, 0) is 0 Å². The van der Waals surface area contributed by atoms with Crippen LogP contribution in [0.3, 0.4) is 0 Å². The molecule has 0 atom stereocenters. The van der Waals surface area contributed by atoms with Crippen LogP contribution < -0.4 is 5.73 Å². The molecule has 1 fully saturated rings. The van der Waals surface area contributed by atoms with E-state index in [1.54, 1.807) is 0 Å². The summed E-state index contributed by atoms with van der Waals surface area (Å²) in [6.07, 6.45) is 7.11. The zero-order valence-corrected chi connectivity index (χ0v) is 10.3. The van der Waals surface area contributed by atoms with Crippen molar-refractivity contribution < 1.29 is 0 Å². The summed E-state index contributed by atoms with van der Waals surface area (Å²) >= 11 is 0. The van der Waals surface area contributed by atoms with Crippen molar-refractivity contribution >= 4 is 0 Å². The molecule has 0 aliphatic heterocycles. The predicted molar refractivity (Wildman–Crippen MR) is 66.9 cm³/mol.